The molecule has 0 bridgehead atoms. The van der Waals surface area contributed by atoms with Crippen LogP contribution < -0.4 is 15.4 Å². The molecule has 0 aliphatic carbocycles. The minimum Gasteiger partial charge on any atom is -0.487 e. The Morgan fingerprint density at radius 3 is 2.70 bits per heavy atom. The number of rotatable bonds is 5. The van der Waals surface area contributed by atoms with E-state index in [2.05, 4.69) is 33.8 Å². The average Bonchev–Trinajstić information content (AvgIpc) is 3.02. The summed E-state index contributed by atoms with van der Waals surface area (Å²) in [6.45, 7) is 4.41. The third kappa shape index (κ3) is 4.52. The number of pyridine rings is 1. The molecule has 0 saturated carbocycles. The molecule has 1 amide bonds. The predicted molar refractivity (Wildman–Crippen MR) is 119 cm³/mol. The van der Waals surface area contributed by atoms with Crippen molar-refractivity contribution in [3.63, 3.8) is 0 Å². The van der Waals surface area contributed by atoms with Crippen LogP contribution in [0.3, 0.4) is 0 Å². The molecule has 1 aromatic heterocycles. The second-order valence-corrected chi connectivity index (χ2v) is 7.64. The number of amides is 1. The van der Waals surface area contributed by atoms with E-state index < -0.39 is 0 Å². The first-order valence-corrected chi connectivity index (χ1v) is 10.4. The average molecular weight is 402 g/mol. The van der Waals surface area contributed by atoms with Crippen molar-refractivity contribution in [2.75, 3.05) is 20.1 Å². The fraction of sp³-hybridized carbons (Fsp3) is 0.280. The van der Waals surface area contributed by atoms with Gasteiger partial charge in [0.25, 0.3) is 5.91 Å². The summed E-state index contributed by atoms with van der Waals surface area (Å²) < 4.78 is 6.16. The van der Waals surface area contributed by atoms with Crippen LogP contribution in [0, 0.1) is 6.92 Å². The number of benzene rings is 2. The SMILES string of the molecule is CNC(=O)c1ccc(OCc2cc(C)ccn2)c(-c2ccc3c(c2)CCNCC3)c1. The Bertz CT molecular complexity index is 1060. The molecule has 0 radical (unpaired) electrons. The van der Waals surface area contributed by atoms with Crippen LogP contribution in [0.1, 0.15) is 32.7 Å². The largest absolute Gasteiger partial charge is 0.487 e. The molecule has 0 spiro atoms. The number of ether oxygens (including phenoxy) is 1. The lowest BCUT2D eigenvalue weighted by Crippen LogP contribution is -2.17. The Morgan fingerprint density at radius 2 is 1.90 bits per heavy atom. The molecule has 2 heterocycles. The van der Waals surface area contributed by atoms with Gasteiger partial charge in [-0.25, -0.2) is 0 Å². The zero-order chi connectivity index (χ0) is 20.9. The highest BCUT2D eigenvalue weighted by Crippen LogP contribution is 2.33. The van der Waals surface area contributed by atoms with E-state index in [0.717, 1.165) is 54.1 Å². The predicted octanol–water partition coefficient (Wildman–Crippen LogP) is 3.68. The van der Waals surface area contributed by atoms with Crippen LogP contribution in [-0.4, -0.2) is 31.0 Å². The molecule has 2 N–H and O–H groups in total. The van der Waals surface area contributed by atoms with Crippen molar-refractivity contribution in [1.29, 1.82) is 0 Å². The number of fused-ring (bicyclic) bond motifs is 1. The molecule has 5 heteroatoms. The van der Waals surface area contributed by atoms with Crippen LogP contribution >= 0.6 is 0 Å². The van der Waals surface area contributed by atoms with Crippen LogP contribution in [-0.2, 0) is 19.4 Å². The number of aromatic nitrogens is 1. The van der Waals surface area contributed by atoms with Crippen molar-refractivity contribution in [2.24, 2.45) is 0 Å². The van der Waals surface area contributed by atoms with Crippen LogP contribution in [0.5, 0.6) is 5.75 Å². The van der Waals surface area contributed by atoms with E-state index in [-0.39, 0.29) is 5.91 Å². The van der Waals surface area contributed by atoms with Gasteiger partial charge >= 0.3 is 0 Å². The fourth-order valence-corrected chi connectivity index (χ4v) is 3.84. The van der Waals surface area contributed by atoms with Gasteiger partial charge in [-0.15, -0.1) is 0 Å². The van der Waals surface area contributed by atoms with Crippen LogP contribution in [0.4, 0.5) is 0 Å². The van der Waals surface area contributed by atoms with Gasteiger partial charge < -0.3 is 15.4 Å². The fourth-order valence-electron chi connectivity index (χ4n) is 3.84. The van der Waals surface area contributed by atoms with Crippen molar-refractivity contribution in [3.05, 3.63) is 82.7 Å². The molecule has 0 fully saturated rings. The Balaban J connectivity index is 1.70. The Labute approximate surface area is 177 Å². The monoisotopic (exact) mass is 401 g/mol. The number of hydrogen-bond donors (Lipinski definition) is 2. The van der Waals surface area contributed by atoms with Gasteiger partial charge in [-0.3, -0.25) is 9.78 Å². The molecule has 5 nitrogen and oxygen atoms in total. The van der Waals surface area contributed by atoms with Gasteiger partial charge in [-0.1, -0.05) is 18.2 Å². The summed E-state index contributed by atoms with van der Waals surface area (Å²) in [6, 6.07) is 16.2. The first-order chi connectivity index (χ1) is 14.6. The van der Waals surface area contributed by atoms with Gasteiger partial charge in [-0.2, -0.15) is 0 Å². The number of hydrogen-bond acceptors (Lipinski definition) is 4. The van der Waals surface area contributed by atoms with Crippen molar-refractivity contribution < 1.29 is 9.53 Å². The van der Waals surface area contributed by atoms with Crippen LogP contribution in [0.2, 0.25) is 0 Å². The number of nitrogens with zero attached hydrogens (tertiary/aromatic N) is 1. The lowest BCUT2D eigenvalue weighted by atomic mass is 9.95. The normalized spacial score (nSPS) is 13.3. The molecule has 4 rings (SSSR count). The molecule has 2 aromatic carbocycles. The highest BCUT2D eigenvalue weighted by molar-refractivity contribution is 5.96. The third-order valence-corrected chi connectivity index (χ3v) is 5.48. The Morgan fingerprint density at radius 1 is 1.07 bits per heavy atom. The van der Waals surface area contributed by atoms with Gasteiger partial charge in [0.1, 0.15) is 12.4 Å². The maximum atomic E-state index is 12.2. The van der Waals surface area contributed by atoms with E-state index in [1.54, 1.807) is 19.3 Å². The molecular weight excluding hydrogens is 374 g/mol. The Kier molecular flexibility index (Phi) is 6.10. The van der Waals surface area contributed by atoms with Crippen molar-refractivity contribution >= 4 is 5.91 Å². The molecule has 154 valence electrons. The minimum atomic E-state index is -0.109. The summed E-state index contributed by atoms with van der Waals surface area (Å²) in [4.78, 5) is 16.6. The standard InChI is InChI=1S/C25H27N3O2/c1-17-7-12-28-22(13-17)16-30-24-6-5-21(25(29)26-2)15-23(24)20-4-3-18-8-10-27-11-9-19(18)14-20/h3-7,12-15,27H,8-11,16H2,1-2H3,(H,26,29). The van der Waals surface area contributed by atoms with Gasteiger partial charge in [0.05, 0.1) is 5.69 Å². The van der Waals surface area contributed by atoms with E-state index in [4.69, 9.17) is 4.74 Å². The van der Waals surface area contributed by atoms with Crippen molar-refractivity contribution in [1.82, 2.24) is 15.6 Å². The summed E-state index contributed by atoms with van der Waals surface area (Å²) >= 11 is 0. The zero-order valence-electron chi connectivity index (χ0n) is 17.5. The second kappa shape index (κ2) is 9.09. The zero-order valence-corrected chi connectivity index (χ0v) is 17.5. The molecule has 0 saturated heterocycles. The number of nitrogens with one attached hydrogen (secondary N) is 2. The van der Waals surface area contributed by atoms with Gasteiger partial charge in [0.2, 0.25) is 0 Å². The molecule has 3 aromatic rings. The summed E-state index contributed by atoms with van der Waals surface area (Å²) in [5, 5.41) is 6.16. The maximum Gasteiger partial charge on any atom is 0.251 e. The smallest absolute Gasteiger partial charge is 0.251 e. The van der Waals surface area contributed by atoms with Crippen molar-refractivity contribution in [3.8, 4) is 16.9 Å². The molecule has 1 aliphatic rings. The van der Waals surface area contributed by atoms with E-state index in [9.17, 15) is 4.79 Å². The first-order valence-electron chi connectivity index (χ1n) is 10.4. The van der Waals surface area contributed by atoms with E-state index in [0.29, 0.717) is 12.2 Å². The van der Waals surface area contributed by atoms with Crippen molar-refractivity contribution in [2.45, 2.75) is 26.4 Å². The van der Waals surface area contributed by atoms with Crippen LogP contribution in [0.25, 0.3) is 11.1 Å². The number of carbonyl (C=O) groups excluding carboxylic acids is 1. The molecule has 0 unspecified atom stereocenters. The second-order valence-electron chi connectivity index (χ2n) is 7.64. The van der Waals surface area contributed by atoms with Crippen LogP contribution in [0.15, 0.2) is 54.7 Å². The summed E-state index contributed by atoms with van der Waals surface area (Å²) in [6.07, 6.45) is 3.84. The van der Waals surface area contributed by atoms with E-state index >= 15 is 0 Å². The van der Waals surface area contributed by atoms with E-state index in [1.807, 2.05) is 31.2 Å². The van der Waals surface area contributed by atoms with Gasteiger partial charge in [0, 0.05) is 24.4 Å². The Hall–Kier alpha value is -3.18. The van der Waals surface area contributed by atoms with Gasteiger partial charge in [-0.05, 0) is 85.4 Å². The topological polar surface area (TPSA) is 63.2 Å². The summed E-state index contributed by atoms with van der Waals surface area (Å²) in [7, 11) is 1.64. The summed E-state index contributed by atoms with van der Waals surface area (Å²) in [5.74, 6) is 0.639. The number of aryl methyl sites for hydroxylation is 1. The number of carbonyl (C=O) groups is 1. The van der Waals surface area contributed by atoms with E-state index in [1.165, 1.54) is 11.1 Å². The molecular formula is C25H27N3O2. The maximum absolute atomic E-state index is 12.2. The minimum absolute atomic E-state index is 0.109. The molecule has 30 heavy (non-hydrogen) atoms. The highest BCUT2D eigenvalue weighted by atomic mass is 16.5. The lowest BCUT2D eigenvalue weighted by molar-refractivity contribution is 0.0963. The highest BCUT2D eigenvalue weighted by Gasteiger charge is 2.15. The first kappa shape index (κ1) is 20.1. The third-order valence-electron chi connectivity index (χ3n) is 5.48. The quantitative estimate of drug-likeness (QED) is 0.685. The lowest BCUT2D eigenvalue weighted by Gasteiger charge is -2.15. The summed E-state index contributed by atoms with van der Waals surface area (Å²) in [5.41, 5.74) is 7.37. The molecule has 0 atom stereocenters. The van der Waals surface area contributed by atoms with Gasteiger partial charge in [0.15, 0.2) is 0 Å². The molecule has 1 aliphatic heterocycles.